The molecule has 2 heterocycles. The van der Waals surface area contributed by atoms with Crippen LogP contribution in [-0.2, 0) is 11.3 Å². The van der Waals surface area contributed by atoms with Crippen LogP contribution >= 0.6 is 0 Å². The molecule has 8 heteroatoms. The Morgan fingerprint density at radius 2 is 2.26 bits per heavy atom. The van der Waals surface area contributed by atoms with Crippen LogP contribution < -0.4 is 4.74 Å². The molecule has 0 aliphatic carbocycles. The third-order valence-corrected chi connectivity index (χ3v) is 3.67. The summed E-state index contributed by atoms with van der Waals surface area (Å²) in [6, 6.07) is 4.37. The van der Waals surface area contributed by atoms with Gasteiger partial charge in [0.05, 0.1) is 12.8 Å². The number of aliphatic hydroxyl groups excluding tert-OH is 1. The van der Waals surface area contributed by atoms with Crippen molar-refractivity contribution in [2.75, 3.05) is 6.61 Å². The van der Waals surface area contributed by atoms with Gasteiger partial charge in [0.15, 0.2) is 6.23 Å². The first kappa shape index (κ1) is 15.8. The Hall–Kier alpha value is -2.06. The van der Waals surface area contributed by atoms with Crippen molar-refractivity contribution in [2.45, 2.75) is 38.7 Å². The number of alkyl halides is 2. The minimum atomic E-state index is -2.91. The van der Waals surface area contributed by atoms with Gasteiger partial charge in [0, 0.05) is 12.2 Å². The molecule has 6 nitrogen and oxygen atoms in total. The summed E-state index contributed by atoms with van der Waals surface area (Å²) < 4.78 is 34.5. The molecular weight excluding hydrogens is 308 g/mol. The number of benzene rings is 1. The van der Waals surface area contributed by atoms with E-state index < -0.39 is 6.61 Å². The second-order valence-electron chi connectivity index (χ2n) is 5.23. The minimum Gasteiger partial charge on any atom is -0.435 e. The monoisotopic (exact) mass is 325 g/mol. The van der Waals surface area contributed by atoms with Gasteiger partial charge in [0.2, 0.25) is 0 Å². The van der Waals surface area contributed by atoms with Gasteiger partial charge >= 0.3 is 6.61 Å². The molecule has 0 bridgehead atoms. The average molecular weight is 325 g/mol. The summed E-state index contributed by atoms with van der Waals surface area (Å²) in [5, 5.41) is 18.1. The highest BCUT2D eigenvalue weighted by Gasteiger charge is 2.19. The van der Waals surface area contributed by atoms with Crippen molar-refractivity contribution in [3.05, 3.63) is 30.0 Å². The fraction of sp³-hybridized carbons (Fsp3) is 0.467. The Balaban J connectivity index is 1.84. The Kier molecular flexibility index (Phi) is 4.82. The van der Waals surface area contributed by atoms with Crippen LogP contribution in [0.2, 0.25) is 0 Å². The van der Waals surface area contributed by atoms with Crippen molar-refractivity contribution in [2.24, 2.45) is 0 Å². The Bertz CT molecular complexity index is 657. The second-order valence-corrected chi connectivity index (χ2v) is 5.23. The van der Waals surface area contributed by atoms with Crippen molar-refractivity contribution >= 4 is 0 Å². The molecule has 1 aromatic heterocycles. The first-order chi connectivity index (χ1) is 11.2. The Labute approximate surface area is 131 Å². The molecule has 1 unspecified atom stereocenters. The topological polar surface area (TPSA) is 69.4 Å². The highest BCUT2D eigenvalue weighted by Crippen LogP contribution is 2.28. The summed E-state index contributed by atoms with van der Waals surface area (Å²) in [7, 11) is 0. The van der Waals surface area contributed by atoms with E-state index >= 15 is 0 Å². The first-order valence-electron chi connectivity index (χ1n) is 7.40. The molecule has 1 fully saturated rings. The highest BCUT2D eigenvalue weighted by atomic mass is 19.3. The maximum absolute atomic E-state index is 12.3. The van der Waals surface area contributed by atoms with Gasteiger partial charge in [0.1, 0.15) is 11.4 Å². The smallest absolute Gasteiger partial charge is 0.387 e. The molecule has 1 atom stereocenters. The number of aromatic nitrogens is 3. The molecule has 1 aromatic carbocycles. The number of ether oxygens (including phenoxy) is 2. The summed E-state index contributed by atoms with van der Waals surface area (Å²) in [4.78, 5) is 1.51. The number of rotatable bonds is 5. The van der Waals surface area contributed by atoms with Crippen LogP contribution in [0.4, 0.5) is 8.78 Å². The van der Waals surface area contributed by atoms with Gasteiger partial charge in [-0.2, -0.15) is 23.8 Å². The summed E-state index contributed by atoms with van der Waals surface area (Å²) in [5.74, 6) is -0.00388. The van der Waals surface area contributed by atoms with E-state index in [4.69, 9.17) is 4.74 Å². The van der Waals surface area contributed by atoms with E-state index in [1.54, 1.807) is 12.3 Å². The van der Waals surface area contributed by atoms with Gasteiger partial charge in [-0.3, -0.25) is 0 Å². The maximum atomic E-state index is 12.3. The van der Waals surface area contributed by atoms with Gasteiger partial charge in [-0.1, -0.05) is 0 Å². The average Bonchev–Trinajstić information content (AvgIpc) is 3.05. The Morgan fingerprint density at radius 3 is 2.96 bits per heavy atom. The van der Waals surface area contributed by atoms with Crippen LogP contribution in [0, 0.1) is 0 Å². The van der Waals surface area contributed by atoms with E-state index in [-0.39, 0.29) is 18.6 Å². The minimum absolute atomic E-state index is 0.00388. The molecule has 2 aromatic rings. The molecule has 1 saturated heterocycles. The van der Waals surface area contributed by atoms with E-state index in [2.05, 4.69) is 14.9 Å². The molecule has 0 saturated carbocycles. The second kappa shape index (κ2) is 7.01. The van der Waals surface area contributed by atoms with E-state index in [1.165, 1.54) is 16.9 Å². The number of hydrogen-bond acceptors (Lipinski definition) is 5. The van der Waals surface area contributed by atoms with Crippen LogP contribution in [0.15, 0.2) is 24.4 Å². The molecule has 1 N–H and O–H groups in total. The molecule has 23 heavy (non-hydrogen) atoms. The van der Waals surface area contributed by atoms with Crippen LogP contribution in [-0.4, -0.2) is 33.3 Å². The molecule has 0 amide bonds. The van der Waals surface area contributed by atoms with Crippen molar-refractivity contribution in [1.82, 2.24) is 15.0 Å². The number of hydrogen-bond donors (Lipinski definition) is 1. The standard InChI is InChI=1S/C15H17F2N3O3/c16-15(17)23-11-4-5-12(10(7-11)9-21)13-8-18-20(19-13)14-3-1-2-6-22-14/h4-5,7-8,14-15,21H,1-3,6,9H2. The van der Waals surface area contributed by atoms with Gasteiger partial charge in [0.25, 0.3) is 0 Å². The zero-order chi connectivity index (χ0) is 16.2. The SMILES string of the molecule is OCc1cc(OC(F)F)ccc1-c1cnn(C2CCCCO2)n1. The summed E-state index contributed by atoms with van der Waals surface area (Å²) >= 11 is 0. The van der Waals surface area contributed by atoms with Gasteiger partial charge in [-0.25, -0.2) is 0 Å². The summed E-state index contributed by atoms with van der Waals surface area (Å²) in [5.41, 5.74) is 1.61. The van der Waals surface area contributed by atoms with E-state index in [0.717, 1.165) is 19.3 Å². The van der Waals surface area contributed by atoms with Gasteiger partial charge in [-0.05, 0) is 43.0 Å². The zero-order valence-electron chi connectivity index (χ0n) is 12.4. The molecule has 0 spiro atoms. The maximum Gasteiger partial charge on any atom is 0.387 e. The molecule has 124 valence electrons. The van der Waals surface area contributed by atoms with Gasteiger partial charge < -0.3 is 14.6 Å². The lowest BCUT2D eigenvalue weighted by Crippen LogP contribution is -2.20. The van der Waals surface area contributed by atoms with Crippen molar-refractivity contribution in [3.8, 4) is 17.0 Å². The molecular formula is C15H17F2N3O3. The van der Waals surface area contributed by atoms with E-state index in [0.29, 0.717) is 23.4 Å². The summed E-state index contributed by atoms with van der Waals surface area (Å²) in [6.45, 7) is -2.54. The quantitative estimate of drug-likeness (QED) is 0.915. The van der Waals surface area contributed by atoms with Crippen LogP contribution in [0.25, 0.3) is 11.3 Å². The molecule has 1 aliphatic rings. The van der Waals surface area contributed by atoms with Crippen LogP contribution in [0.1, 0.15) is 31.1 Å². The first-order valence-corrected chi connectivity index (χ1v) is 7.40. The highest BCUT2D eigenvalue weighted by molar-refractivity contribution is 5.63. The molecule has 0 radical (unpaired) electrons. The van der Waals surface area contributed by atoms with Crippen molar-refractivity contribution in [1.29, 1.82) is 0 Å². The fourth-order valence-corrected chi connectivity index (χ4v) is 2.57. The predicted molar refractivity (Wildman–Crippen MR) is 76.9 cm³/mol. The third kappa shape index (κ3) is 3.65. The lowest BCUT2D eigenvalue weighted by atomic mass is 10.1. The van der Waals surface area contributed by atoms with Gasteiger partial charge in [-0.15, -0.1) is 0 Å². The number of nitrogens with zero attached hydrogens (tertiary/aromatic N) is 3. The lowest BCUT2D eigenvalue weighted by molar-refractivity contribution is -0.0499. The zero-order valence-corrected chi connectivity index (χ0v) is 12.4. The Morgan fingerprint density at radius 1 is 1.39 bits per heavy atom. The van der Waals surface area contributed by atoms with Crippen molar-refractivity contribution < 1.29 is 23.4 Å². The lowest BCUT2D eigenvalue weighted by Gasteiger charge is -2.21. The third-order valence-electron chi connectivity index (χ3n) is 3.67. The van der Waals surface area contributed by atoms with Crippen LogP contribution in [0.3, 0.4) is 0 Å². The summed E-state index contributed by atoms with van der Waals surface area (Å²) in [6.07, 6.45) is 4.33. The largest absolute Gasteiger partial charge is 0.435 e. The molecule has 3 rings (SSSR count). The molecule has 1 aliphatic heterocycles. The normalized spacial score (nSPS) is 18.3. The predicted octanol–water partition coefficient (Wildman–Crippen LogP) is 2.74. The van der Waals surface area contributed by atoms with Crippen LogP contribution in [0.5, 0.6) is 5.75 Å². The number of aliphatic hydroxyl groups is 1. The van der Waals surface area contributed by atoms with Crippen molar-refractivity contribution in [3.63, 3.8) is 0 Å². The van der Waals surface area contributed by atoms with E-state index in [9.17, 15) is 13.9 Å². The van der Waals surface area contributed by atoms with E-state index in [1.807, 2.05) is 0 Å². The fourth-order valence-electron chi connectivity index (χ4n) is 2.57. The number of halogens is 2.